The van der Waals surface area contributed by atoms with Crippen molar-refractivity contribution in [3.05, 3.63) is 51.2 Å². The van der Waals surface area contributed by atoms with E-state index in [1.165, 1.54) is 6.07 Å². The topological polar surface area (TPSA) is 25.4 Å². The van der Waals surface area contributed by atoms with Crippen molar-refractivity contribution in [2.45, 2.75) is 12.6 Å². The maximum atomic E-state index is 13.8. The Morgan fingerprint density at radius 2 is 2.40 bits per heavy atom. The van der Waals surface area contributed by atoms with Crippen LogP contribution in [0.25, 0.3) is 0 Å². The number of hydrogen-bond acceptors (Lipinski definition) is 4. The third-order valence-electron chi connectivity index (χ3n) is 3.29. The molecule has 2 aromatic rings. The molecule has 0 saturated carbocycles. The molecule has 1 unspecified atom stereocenters. The van der Waals surface area contributed by atoms with E-state index >= 15 is 0 Å². The van der Waals surface area contributed by atoms with Gasteiger partial charge in [-0.3, -0.25) is 4.90 Å². The summed E-state index contributed by atoms with van der Waals surface area (Å²) in [7, 11) is 0. The Bertz CT molecular complexity index is 579. The van der Waals surface area contributed by atoms with Crippen molar-refractivity contribution in [2.24, 2.45) is 0 Å². The zero-order valence-corrected chi connectivity index (χ0v) is 12.3. The summed E-state index contributed by atoms with van der Waals surface area (Å²) in [5.74, 6) is -0.255. The van der Waals surface area contributed by atoms with Crippen molar-refractivity contribution in [2.75, 3.05) is 19.7 Å². The van der Waals surface area contributed by atoms with Crippen LogP contribution in [-0.2, 0) is 11.3 Å². The summed E-state index contributed by atoms with van der Waals surface area (Å²) in [4.78, 5) is 6.47. The predicted molar refractivity (Wildman–Crippen MR) is 77.5 cm³/mol. The summed E-state index contributed by atoms with van der Waals surface area (Å²) in [6.45, 7) is 2.73. The Kier molecular flexibility index (Phi) is 4.31. The fraction of sp³-hybridized carbons (Fsp3) is 0.357. The molecule has 1 aromatic carbocycles. The number of nitrogens with zero attached hydrogens (tertiary/aromatic N) is 2. The van der Waals surface area contributed by atoms with Crippen LogP contribution >= 0.6 is 22.9 Å². The quantitative estimate of drug-likeness (QED) is 0.867. The van der Waals surface area contributed by atoms with Crippen molar-refractivity contribution < 1.29 is 9.13 Å². The molecule has 2 heterocycles. The number of hydrogen-bond donors (Lipinski definition) is 0. The van der Waals surface area contributed by atoms with Crippen LogP contribution in [0, 0.1) is 5.82 Å². The van der Waals surface area contributed by atoms with Crippen LogP contribution in [0.4, 0.5) is 4.39 Å². The van der Waals surface area contributed by atoms with Gasteiger partial charge >= 0.3 is 0 Å². The summed E-state index contributed by atoms with van der Waals surface area (Å²) in [6.07, 6.45) is 1.76. The molecule has 0 aliphatic carbocycles. The average Bonchev–Trinajstić information content (AvgIpc) is 2.96. The second-order valence-corrected chi connectivity index (χ2v) is 6.06. The molecule has 1 atom stereocenters. The van der Waals surface area contributed by atoms with Gasteiger partial charge in [0.25, 0.3) is 0 Å². The van der Waals surface area contributed by atoms with E-state index in [0.29, 0.717) is 23.7 Å². The highest BCUT2D eigenvalue weighted by Gasteiger charge is 2.24. The lowest BCUT2D eigenvalue weighted by Gasteiger charge is -2.32. The van der Waals surface area contributed by atoms with Crippen molar-refractivity contribution in [3.63, 3.8) is 0 Å². The van der Waals surface area contributed by atoms with Crippen LogP contribution in [-0.4, -0.2) is 29.6 Å². The fourth-order valence-electron chi connectivity index (χ4n) is 2.28. The lowest BCUT2D eigenvalue weighted by atomic mass is 10.1. The van der Waals surface area contributed by atoms with Gasteiger partial charge in [0.1, 0.15) is 16.9 Å². The van der Waals surface area contributed by atoms with E-state index in [1.54, 1.807) is 29.7 Å². The number of halogens is 2. The first kappa shape index (κ1) is 13.9. The standard InChI is InChI=1S/C14H14ClFN2OS/c15-11-2-1-10(12(16)7-11)8-18-4-5-19-13(9-18)14-17-3-6-20-14/h1-3,6-7,13H,4-5,8-9H2. The normalized spacial score (nSPS) is 20.2. The highest BCUT2D eigenvalue weighted by atomic mass is 35.5. The van der Waals surface area contributed by atoms with Crippen LogP contribution in [0.2, 0.25) is 5.02 Å². The van der Waals surface area contributed by atoms with E-state index in [4.69, 9.17) is 16.3 Å². The lowest BCUT2D eigenvalue weighted by Crippen LogP contribution is -2.37. The van der Waals surface area contributed by atoms with Crippen LogP contribution in [0.5, 0.6) is 0 Å². The van der Waals surface area contributed by atoms with Crippen LogP contribution in [0.15, 0.2) is 29.8 Å². The smallest absolute Gasteiger partial charge is 0.129 e. The fourth-order valence-corrected chi connectivity index (χ4v) is 3.12. The molecule has 0 amide bonds. The van der Waals surface area contributed by atoms with Gasteiger partial charge < -0.3 is 4.74 Å². The van der Waals surface area contributed by atoms with Gasteiger partial charge in [-0.1, -0.05) is 17.7 Å². The molecule has 6 heteroatoms. The maximum Gasteiger partial charge on any atom is 0.129 e. The second-order valence-electron chi connectivity index (χ2n) is 4.70. The molecule has 20 heavy (non-hydrogen) atoms. The Balaban J connectivity index is 1.68. The molecule has 0 bridgehead atoms. The highest BCUT2D eigenvalue weighted by molar-refractivity contribution is 7.09. The largest absolute Gasteiger partial charge is 0.368 e. The molecule has 106 valence electrons. The zero-order valence-electron chi connectivity index (χ0n) is 10.8. The zero-order chi connectivity index (χ0) is 13.9. The third kappa shape index (κ3) is 3.17. The van der Waals surface area contributed by atoms with Gasteiger partial charge in [-0.15, -0.1) is 11.3 Å². The van der Waals surface area contributed by atoms with Crippen molar-refractivity contribution >= 4 is 22.9 Å². The third-order valence-corrected chi connectivity index (χ3v) is 4.39. The van der Waals surface area contributed by atoms with Gasteiger partial charge in [0, 0.05) is 41.8 Å². The van der Waals surface area contributed by atoms with Gasteiger partial charge in [-0.2, -0.15) is 0 Å². The summed E-state index contributed by atoms with van der Waals surface area (Å²) in [5, 5.41) is 3.34. The van der Waals surface area contributed by atoms with Crippen molar-refractivity contribution in [3.8, 4) is 0 Å². The molecule has 1 aromatic heterocycles. The average molecular weight is 313 g/mol. The Labute approximate surface area is 126 Å². The summed E-state index contributed by atoms with van der Waals surface area (Å²) >= 11 is 7.36. The number of ether oxygens (including phenoxy) is 1. The van der Waals surface area contributed by atoms with E-state index in [-0.39, 0.29) is 11.9 Å². The summed E-state index contributed by atoms with van der Waals surface area (Å²) in [6, 6.07) is 4.82. The van der Waals surface area contributed by atoms with Gasteiger partial charge in [0.05, 0.1) is 6.61 Å². The first-order valence-electron chi connectivity index (χ1n) is 6.39. The van der Waals surface area contributed by atoms with Crippen LogP contribution in [0.3, 0.4) is 0 Å². The summed E-state index contributed by atoms with van der Waals surface area (Å²) in [5.41, 5.74) is 0.661. The van der Waals surface area contributed by atoms with Gasteiger partial charge in [-0.25, -0.2) is 9.37 Å². The van der Waals surface area contributed by atoms with Crippen LogP contribution < -0.4 is 0 Å². The number of thiazole rings is 1. The van der Waals surface area contributed by atoms with Gasteiger partial charge in [0.15, 0.2) is 0 Å². The van der Waals surface area contributed by atoms with E-state index in [0.717, 1.165) is 18.1 Å². The minimum atomic E-state index is -0.255. The molecule has 0 N–H and O–H groups in total. The maximum absolute atomic E-state index is 13.8. The number of rotatable bonds is 3. The van der Waals surface area contributed by atoms with Crippen LogP contribution in [0.1, 0.15) is 16.7 Å². The number of aromatic nitrogens is 1. The molecule has 3 rings (SSSR count). The molecule has 1 aliphatic heterocycles. The molecule has 1 fully saturated rings. The first-order valence-corrected chi connectivity index (χ1v) is 7.65. The van der Waals surface area contributed by atoms with Crippen molar-refractivity contribution in [1.29, 1.82) is 0 Å². The van der Waals surface area contributed by atoms with E-state index in [2.05, 4.69) is 9.88 Å². The van der Waals surface area contributed by atoms with E-state index < -0.39 is 0 Å². The summed E-state index contributed by atoms with van der Waals surface area (Å²) < 4.78 is 19.6. The molecule has 1 aliphatic rings. The predicted octanol–water partition coefficient (Wildman–Crippen LogP) is 3.51. The Hall–Kier alpha value is -1.01. The Morgan fingerprint density at radius 1 is 1.50 bits per heavy atom. The van der Waals surface area contributed by atoms with E-state index in [1.807, 2.05) is 5.38 Å². The highest BCUT2D eigenvalue weighted by Crippen LogP contribution is 2.25. The van der Waals surface area contributed by atoms with Crippen molar-refractivity contribution in [1.82, 2.24) is 9.88 Å². The molecule has 0 radical (unpaired) electrons. The molecule has 3 nitrogen and oxygen atoms in total. The minimum Gasteiger partial charge on any atom is -0.368 e. The van der Waals surface area contributed by atoms with Gasteiger partial charge in [-0.05, 0) is 12.1 Å². The van der Waals surface area contributed by atoms with Gasteiger partial charge in [0.2, 0.25) is 0 Å². The second kappa shape index (κ2) is 6.18. The Morgan fingerprint density at radius 3 is 3.15 bits per heavy atom. The number of benzene rings is 1. The van der Waals surface area contributed by atoms with E-state index in [9.17, 15) is 4.39 Å². The first-order chi connectivity index (χ1) is 9.72. The monoisotopic (exact) mass is 312 g/mol. The minimum absolute atomic E-state index is 0.0147. The SMILES string of the molecule is Fc1cc(Cl)ccc1CN1CCOC(c2nccs2)C1. The molecule has 1 saturated heterocycles. The molecule has 0 spiro atoms. The number of morpholine rings is 1. The molecular weight excluding hydrogens is 299 g/mol. The molecular formula is C14H14ClFN2OS. The lowest BCUT2D eigenvalue weighted by molar-refractivity contribution is -0.0332.